The van der Waals surface area contributed by atoms with E-state index in [0.717, 1.165) is 22.5 Å². The summed E-state index contributed by atoms with van der Waals surface area (Å²) in [4.78, 5) is 4.49. The van der Waals surface area contributed by atoms with E-state index in [1.165, 1.54) is 12.1 Å². The second-order valence-corrected chi connectivity index (χ2v) is 4.60. The van der Waals surface area contributed by atoms with Gasteiger partial charge in [-0.15, -0.1) is 11.6 Å². The smallest absolute Gasteiger partial charge is 0.129 e. The summed E-state index contributed by atoms with van der Waals surface area (Å²) in [7, 11) is 1.61. The molecule has 1 heterocycles. The summed E-state index contributed by atoms with van der Waals surface area (Å²) in [5, 5.41) is 0. The van der Waals surface area contributed by atoms with Crippen LogP contribution in [0.4, 0.5) is 4.39 Å². The van der Waals surface area contributed by atoms with Crippen LogP contribution in [0.25, 0.3) is 16.7 Å². The predicted molar refractivity (Wildman–Crippen MR) is 77.1 cm³/mol. The fraction of sp³-hybridized carbons (Fsp3) is 0.133. The van der Waals surface area contributed by atoms with Gasteiger partial charge in [0.1, 0.15) is 17.4 Å². The molecule has 0 atom stereocenters. The number of methoxy groups -OCH3 is 1. The van der Waals surface area contributed by atoms with Gasteiger partial charge in [-0.3, -0.25) is 4.57 Å². The van der Waals surface area contributed by atoms with Crippen LogP contribution in [0.1, 0.15) is 5.82 Å². The number of fused-ring (bicyclic) bond motifs is 1. The van der Waals surface area contributed by atoms with Crippen molar-refractivity contribution in [3.63, 3.8) is 0 Å². The zero-order valence-electron chi connectivity index (χ0n) is 10.8. The molecule has 1 aromatic heterocycles. The lowest BCUT2D eigenvalue weighted by Gasteiger charge is -2.08. The Bertz CT molecular complexity index is 752. The Morgan fingerprint density at radius 3 is 2.60 bits per heavy atom. The molecule has 3 aromatic rings. The van der Waals surface area contributed by atoms with Gasteiger partial charge >= 0.3 is 0 Å². The van der Waals surface area contributed by atoms with E-state index in [-0.39, 0.29) is 11.7 Å². The molecule has 2 aromatic carbocycles. The number of alkyl halides is 1. The third-order valence-corrected chi connectivity index (χ3v) is 3.37. The Kier molecular flexibility index (Phi) is 3.32. The van der Waals surface area contributed by atoms with Gasteiger partial charge < -0.3 is 4.74 Å². The normalized spacial score (nSPS) is 10.9. The third kappa shape index (κ3) is 2.12. The Morgan fingerprint density at radius 2 is 1.95 bits per heavy atom. The number of nitrogens with zero attached hydrogens (tertiary/aromatic N) is 2. The number of imidazole rings is 1. The van der Waals surface area contributed by atoms with Gasteiger partial charge in [-0.2, -0.15) is 0 Å². The average Bonchev–Trinajstić information content (AvgIpc) is 2.85. The van der Waals surface area contributed by atoms with Gasteiger partial charge in [-0.1, -0.05) is 0 Å². The number of aromatic nitrogens is 2. The standard InChI is InChI=1S/C15H12ClFN2O/c1-20-12-6-7-13-14(8-12)19(15(9-16)18-13)11-4-2-10(17)3-5-11/h2-8H,9H2,1H3. The number of hydrogen-bond acceptors (Lipinski definition) is 2. The van der Waals surface area contributed by atoms with Crippen LogP contribution in [0.15, 0.2) is 42.5 Å². The van der Waals surface area contributed by atoms with Crippen molar-refractivity contribution < 1.29 is 9.13 Å². The summed E-state index contributed by atoms with van der Waals surface area (Å²) in [6.07, 6.45) is 0. The van der Waals surface area contributed by atoms with Crippen LogP contribution in [0.5, 0.6) is 5.75 Å². The van der Waals surface area contributed by atoms with Crippen LogP contribution in [0.2, 0.25) is 0 Å². The van der Waals surface area contributed by atoms with Crippen molar-refractivity contribution in [3.05, 3.63) is 54.1 Å². The molecule has 3 rings (SSSR count). The van der Waals surface area contributed by atoms with Crippen LogP contribution in [0, 0.1) is 5.82 Å². The average molecular weight is 291 g/mol. The van der Waals surface area contributed by atoms with Crippen molar-refractivity contribution in [2.45, 2.75) is 5.88 Å². The molecule has 0 radical (unpaired) electrons. The van der Waals surface area contributed by atoms with E-state index < -0.39 is 0 Å². The summed E-state index contributed by atoms with van der Waals surface area (Å²) in [5.74, 6) is 1.44. The van der Waals surface area contributed by atoms with Crippen LogP contribution < -0.4 is 4.74 Å². The topological polar surface area (TPSA) is 27.1 Å². The van der Waals surface area contributed by atoms with Crippen molar-refractivity contribution in [1.82, 2.24) is 9.55 Å². The number of ether oxygens (including phenoxy) is 1. The summed E-state index contributed by atoms with van der Waals surface area (Å²) in [6, 6.07) is 11.9. The molecule has 0 spiro atoms. The first-order valence-electron chi connectivity index (χ1n) is 6.10. The summed E-state index contributed by atoms with van der Waals surface area (Å²) in [5.41, 5.74) is 2.52. The van der Waals surface area contributed by atoms with Crippen molar-refractivity contribution in [2.75, 3.05) is 7.11 Å². The van der Waals surface area contributed by atoms with E-state index in [1.807, 2.05) is 22.8 Å². The van der Waals surface area contributed by atoms with Crippen LogP contribution in [-0.2, 0) is 5.88 Å². The number of hydrogen-bond donors (Lipinski definition) is 0. The van der Waals surface area contributed by atoms with Gasteiger partial charge in [0.2, 0.25) is 0 Å². The number of rotatable bonds is 3. The molecule has 0 bridgehead atoms. The quantitative estimate of drug-likeness (QED) is 0.684. The van der Waals surface area contributed by atoms with E-state index in [0.29, 0.717) is 5.82 Å². The highest BCUT2D eigenvalue weighted by Crippen LogP contribution is 2.26. The lowest BCUT2D eigenvalue weighted by molar-refractivity contribution is 0.415. The molecule has 0 unspecified atom stereocenters. The monoisotopic (exact) mass is 290 g/mol. The van der Waals surface area contributed by atoms with E-state index >= 15 is 0 Å². The predicted octanol–water partition coefficient (Wildman–Crippen LogP) is 3.91. The van der Waals surface area contributed by atoms with E-state index in [4.69, 9.17) is 16.3 Å². The molecule has 0 aliphatic rings. The largest absolute Gasteiger partial charge is 0.497 e. The molecule has 5 heteroatoms. The van der Waals surface area contributed by atoms with Crippen molar-refractivity contribution in [1.29, 1.82) is 0 Å². The second-order valence-electron chi connectivity index (χ2n) is 4.33. The highest BCUT2D eigenvalue weighted by molar-refractivity contribution is 6.17. The number of benzene rings is 2. The first kappa shape index (κ1) is 12.9. The third-order valence-electron chi connectivity index (χ3n) is 3.14. The van der Waals surface area contributed by atoms with E-state index in [1.54, 1.807) is 19.2 Å². The Balaban J connectivity index is 2.28. The zero-order valence-corrected chi connectivity index (χ0v) is 11.6. The molecule has 102 valence electrons. The highest BCUT2D eigenvalue weighted by Gasteiger charge is 2.12. The molecular weight excluding hydrogens is 279 g/mol. The molecule has 20 heavy (non-hydrogen) atoms. The SMILES string of the molecule is COc1ccc2nc(CCl)n(-c3ccc(F)cc3)c2c1. The van der Waals surface area contributed by atoms with Gasteiger partial charge in [0.25, 0.3) is 0 Å². The maximum atomic E-state index is 13.1. The second kappa shape index (κ2) is 5.13. The Hall–Kier alpha value is -2.07. The fourth-order valence-corrected chi connectivity index (χ4v) is 2.38. The maximum absolute atomic E-state index is 13.1. The molecule has 0 aliphatic heterocycles. The van der Waals surface area contributed by atoms with Crippen LogP contribution >= 0.6 is 11.6 Å². The first-order chi connectivity index (χ1) is 9.72. The summed E-state index contributed by atoms with van der Waals surface area (Å²) in [6.45, 7) is 0. The minimum atomic E-state index is -0.275. The van der Waals surface area contributed by atoms with Crippen molar-refractivity contribution in [3.8, 4) is 11.4 Å². The molecule has 0 aliphatic carbocycles. The minimum Gasteiger partial charge on any atom is -0.497 e. The van der Waals surface area contributed by atoms with Crippen molar-refractivity contribution in [2.24, 2.45) is 0 Å². The molecule has 0 N–H and O–H groups in total. The molecule has 0 saturated carbocycles. The minimum absolute atomic E-state index is 0.272. The van der Waals surface area contributed by atoms with Gasteiger partial charge in [0.15, 0.2) is 0 Å². The lowest BCUT2D eigenvalue weighted by Crippen LogP contribution is -1.99. The highest BCUT2D eigenvalue weighted by atomic mass is 35.5. The van der Waals surface area contributed by atoms with Crippen molar-refractivity contribution >= 4 is 22.6 Å². The first-order valence-corrected chi connectivity index (χ1v) is 6.63. The molecule has 0 amide bonds. The van der Waals surface area contributed by atoms with E-state index in [9.17, 15) is 4.39 Å². The molecule has 0 fully saturated rings. The molecular formula is C15H12ClFN2O. The van der Waals surface area contributed by atoms with Gasteiger partial charge in [-0.25, -0.2) is 9.37 Å². The van der Waals surface area contributed by atoms with Gasteiger partial charge in [-0.05, 0) is 36.4 Å². The summed E-state index contributed by atoms with van der Waals surface area (Å²) >= 11 is 5.97. The Morgan fingerprint density at radius 1 is 1.20 bits per heavy atom. The maximum Gasteiger partial charge on any atom is 0.129 e. The van der Waals surface area contributed by atoms with E-state index in [2.05, 4.69) is 4.98 Å². The molecule has 3 nitrogen and oxygen atoms in total. The lowest BCUT2D eigenvalue weighted by atomic mass is 10.2. The number of halogens is 2. The van der Waals surface area contributed by atoms with Gasteiger partial charge in [0, 0.05) is 11.8 Å². The summed E-state index contributed by atoms with van der Waals surface area (Å²) < 4.78 is 20.2. The fourth-order valence-electron chi connectivity index (χ4n) is 2.20. The van der Waals surface area contributed by atoms with Crippen LogP contribution in [-0.4, -0.2) is 16.7 Å². The van der Waals surface area contributed by atoms with Crippen LogP contribution in [0.3, 0.4) is 0 Å². The Labute approximate surface area is 120 Å². The molecule has 0 saturated heterocycles. The van der Waals surface area contributed by atoms with Gasteiger partial charge in [0.05, 0.1) is 24.0 Å². The zero-order chi connectivity index (χ0) is 14.1.